The molecule has 0 radical (unpaired) electrons. The van der Waals surface area contributed by atoms with Crippen molar-refractivity contribution in [2.45, 2.75) is 6.54 Å². The second-order valence-electron chi connectivity index (χ2n) is 3.89. The van der Waals surface area contributed by atoms with Gasteiger partial charge in [0.05, 0.1) is 17.8 Å². The van der Waals surface area contributed by atoms with Gasteiger partial charge in [0.15, 0.2) is 0 Å². The van der Waals surface area contributed by atoms with Gasteiger partial charge in [-0.05, 0) is 30.3 Å². The monoisotopic (exact) mass is 256 g/mol. The van der Waals surface area contributed by atoms with Crippen molar-refractivity contribution < 1.29 is 14.7 Å². The Balaban J connectivity index is 2.04. The number of carboxylic acids is 1. The minimum atomic E-state index is -1.06. The second kappa shape index (κ2) is 5.77. The van der Waals surface area contributed by atoms with Gasteiger partial charge in [0.2, 0.25) is 0 Å². The molecule has 1 aromatic carbocycles. The molecule has 1 heterocycles. The van der Waals surface area contributed by atoms with Crippen molar-refractivity contribution in [3.8, 4) is 0 Å². The van der Waals surface area contributed by atoms with Gasteiger partial charge in [-0.15, -0.1) is 0 Å². The molecule has 0 fully saturated rings. The Kier molecular flexibility index (Phi) is 3.87. The van der Waals surface area contributed by atoms with Crippen molar-refractivity contribution in [2.75, 3.05) is 0 Å². The molecule has 5 nitrogen and oxygen atoms in total. The van der Waals surface area contributed by atoms with E-state index in [2.05, 4.69) is 10.3 Å². The fourth-order valence-electron chi connectivity index (χ4n) is 1.57. The van der Waals surface area contributed by atoms with Crippen LogP contribution in [0.15, 0.2) is 48.7 Å². The lowest BCUT2D eigenvalue weighted by atomic mass is 10.1. The second-order valence-corrected chi connectivity index (χ2v) is 3.89. The van der Waals surface area contributed by atoms with Crippen LogP contribution < -0.4 is 5.32 Å². The van der Waals surface area contributed by atoms with Crippen LogP contribution in [0.1, 0.15) is 26.4 Å². The maximum Gasteiger partial charge on any atom is 0.335 e. The van der Waals surface area contributed by atoms with Crippen LogP contribution in [-0.4, -0.2) is 22.0 Å². The summed E-state index contributed by atoms with van der Waals surface area (Å²) in [4.78, 5) is 26.8. The van der Waals surface area contributed by atoms with Crippen molar-refractivity contribution in [1.82, 2.24) is 10.3 Å². The molecular formula is C14H12N2O3. The minimum absolute atomic E-state index is 0.0884. The normalized spacial score (nSPS) is 9.89. The van der Waals surface area contributed by atoms with E-state index in [1.807, 2.05) is 6.07 Å². The highest BCUT2D eigenvalue weighted by Gasteiger charge is 2.09. The number of amides is 1. The standard InChI is InChI=1S/C14H12N2O3/c17-13(16-9-12-6-1-2-7-15-12)10-4-3-5-11(8-10)14(18)19/h1-8H,9H2,(H,16,17)(H,18,19). The van der Waals surface area contributed by atoms with Gasteiger partial charge in [-0.3, -0.25) is 9.78 Å². The van der Waals surface area contributed by atoms with E-state index >= 15 is 0 Å². The molecule has 0 saturated carbocycles. The Hall–Kier alpha value is -2.69. The molecule has 96 valence electrons. The van der Waals surface area contributed by atoms with Crippen LogP contribution in [-0.2, 0) is 6.54 Å². The molecule has 2 N–H and O–H groups in total. The molecule has 0 aliphatic carbocycles. The van der Waals surface area contributed by atoms with Gasteiger partial charge < -0.3 is 10.4 Å². The lowest BCUT2D eigenvalue weighted by Crippen LogP contribution is -2.23. The van der Waals surface area contributed by atoms with E-state index in [-0.39, 0.29) is 11.5 Å². The number of nitrogens with one attached hydrogen (secondary N) is 1. The number of aromatic carboxylic acids is 1. The van der Waals surface area contributed by atoms with Gasteiger partial charge in [-0.25, -0.2) is 4.79 Å². The molecule has 0 bridgehead atoms. The highest BCUT2D eigenvalue weighted by atomic mass is 16.4. The average Bonchev–Trinajstić information content (AvgIpc) is 2.46. The van der Waals surface area contributed by atoms with Crippen LogP contribution >= 0.6 is 0 Å². The summed E-state index contributed by atoms with van der Waals surface area (Å²) in [6.45, 7) is 0.303. The Labute approximate surface area is 109 Å². The molecule has 5 heteroatoms. The predicted octanol–water partition coefficient (Wildman–Crippen LogP) is 1.71. The number of rotatable bonds is 4. The molecule has 2 aromatic rings. The fourth-order valence-corrected chi connectivity index (χ4v) is 1.57. The Morgan fingerprint density at radius 1 is 1.11 bits per heavy atom. The Bertz CT molecular complexity index is 597. The first-order chi connectivity index (χ1) is 9.16. The first-order valence-corrected chi connectivity index (χ1v) is 5.68. The van der Waals surface area contributed by atoms with Gasteiger partial charge in [0.1, 0.15) is 0 Å². The summed E-state index contributed by atoms with van der Waals surface area (Å²) >= 11 is 0. The average molecular weight is 256 g/mol. The number of carboxylic acid groups (broad SMARTS) is 1. The molecule has 0 saturated heterocycles. The van der Waals surface area contributed by atoms with E-state index in [0.29, 0.717) is 12.1 Å². The first-order valence-electron chi connectivity index (χ1n) is 5.68. The first kappa shape index (κ1) is 12.8. The van der Waals surface area contributed by atoms with Crippen molar-refractivity contribution in [3.05, 3.63) is 65.5 Å². The summed E-state index contributed by atoms with van der Waals surface area (Å²) in [5, 5.41) is 11.5. The van der Waals surface area contributed by atoms with Gasteiger partial charge in [0, 0.05) is 11.8 Å². The lowest BCUT2D eigenvalue weighted by molar-refractivity contribution is 0.0697. The summed E-state index contributed by atoms with van der Waals surface area (Å²) in [6, 6.07) is 11.3. The van der Waals surface area contributed by atoms with Crippen molar-refractivity contribution in [1.29, 1.82) is 0 Å². The number of nitrogens with zero attached hydrogens (tertiary/aromatic N) is 1. The van der Waals surface area contributed by atoms with Gasteiger partial charge in [0.25, 0.3) is 5.91 Å². The summed E-state index contributed by atoms with van der Waals surface area (Å²) in [5.41, 5.74) is 1.14. The van der Waals surface area contributed by atoms with Crippen molar-refractivity contribution in [2.24, 2.45) is 0 Å². The molecule has 1 amide bonds. The third-order valence-electron chi connectivity index (χ3n) is 2.53. The van der Waals surface area contributed by atoms with E-state index < -0.39 is 5.97 Å². The third-order valence-corrected chi connectivity index (χ3v) is 2.53. The molecular weight excluding hydrogens is 244 g/mol. The van der Waals surface area contributed by atoms with Crippen LogP contribution in [0.2, 0.25) is 0 Å². The molecule has 0 unspecified atom stereocenters. The number of benzene rings is 1. The highest BCUT2D eigenvalue weighted by Crippen LogP contribution is 2.05. The van der Waals surface area contributed by atoms with Gasteiger partial charge in [-0.1, -0.05) is 12.1 Å². The Morgan fingerprint density at radius 3 is 2.58 bits per heavy atom. The largest absolute Gasteiger partial charge is 0.478 e. The molecule has 0 aliphatic rings. The number of pyridine rings is 1. The van der Waals surface area contributed by atoms with Crippen molar-refractivity contribution in [3.63, 3.8) is 0 Å². The topological polar surface area (TPSA) is 79.3 Å². The van der Waals surface area contributed by atoms with Crippen molar-refractivity contribution >= 4 is 11.9 Å². The number of carbonyl (C=O) groups excluding carboxylic acids is 1. The van der Waals surface area contributed by atoms with Gasteiger partial charge >= 0.3 is 5.97 Å². The van der Waals surface area contributed by atoms with E-state index in [4.69, 9.17) is 5.11 Å². The molecule has 1 aromatic heterocycles. The zero-order valence-electron chi connectivity index (χ0n) is 10.0. The zero-order chi connectivity index (χ0) is 13.7. The lowest BCUT2D eigenvalue weighted by Gasteiger charge is -2.05. The quantitative estimate of drug-likeness (QED) is 0.872. The maximum absolute atomic E-state index is 11.9. The summed E-state index contributed by atoms with van der Waals surface area (Å²) in [6.07, 6.45) is 1.65. The molecule has 2 rings (SSSR count). The van der Waals surface area contributed by atoms with Crippen LogP contribution in [0.4, 0.5) is 0 Å². The van der Waals surface area contributed by atoms with E-state index in [9.17, 15) is 9.59 Å². The van der Waals surface area contributed by atoms with Crippen LogP contribution in [0.5, 0.6) is 0 Å². The van der Waals surface area contributed by atoms with Crippen LogP contribution in [0, 0.1) is 0 Å². The predicted molar refractivity (Wildman–Crippen MR) is 68.8 cm³/mol. The van der Waals surface area contributed by atoms with Gasteiger partial charge in [-0.2, -0.15) is 0 Å². The zero-order valence-corrected chi connectivity index (χ0v) is 10.0. The Morgan fingerprint density at radius 2 is 1.89 bits per heavy atom. The summed E-state index contributed by atoms with van der Waals surface area (Å²) in [5.74, 6) is -1.38. The van der Waals surface area contributed by atoms with E-state index in [1.54, 1.807) is 30.5 Å². The molecule has 0 spiro atoms. The molecule has 19 heavy (non-hydrogen) atoms. The minimum Gasteiger partial charge on any atom is -0.478 e. The SMILES string of the molecule is O=C(O)c1cccc(C(=O)NCc2ccccn2)c1. The summed E-state index contributed by atoms with van der Waals surface area (Å²) in [7, 11) is 0. The van der Waals surface area contributed by atoms with E-state index in [0.717, 1.165) is 5.69 Å². The fraction of sp³-hybridized carbons (Fsp3) is 0.0714. The number of hydrogen-bond acceptors (Lipinski definition) is 3. The smallest absolute Gasteiger partial charge is 0.335 e. The van der Waals surface area contributed by atoms with Crippen LogP contribution in [0.3, 0.4) is 0 Å². The third kappa shape index (κ3) is 3.38. The number of aromatic nitrogens is 1. The van der Waals surface area contributed by atoms with Crippen LogP contribution in [0.25, 0.3) is 0 Å². The molecule has 0 aliphatic heterocycles. The molecule has 0 atom stereocenters. The summed E-state index contributed by atoms with van der Waals surface area (Å²) < 4.78 is 0. The number of carbonyl (C=O) groups is 2. The van der Waals surface area contributed by atoms with E-state index in [1.165, 1.54) is 12.1 Å². The maximum atomic E-state index is 11.9. The highest BCUT2D eigenvalue weighted by molar-refractivity contribution is 5.97. The number of hydrogen-bond donors (Lipinski definition) is 2.